The summed E-state index contributed by atoms with van der Waals surface area (Å²) in [6.07, 6.45) is 4.62. The van der Waals surface area contributed by atoms with Crippen molar-refractivity contribution in [3.05, 3.63) is 36.0 Å². The summed E-state index contributed by atoms with van der Waals surface area (Å²) in [5, 5.41) is 8.84. The molecular formula is C9H9N5O. The molecule has 0 saturated carbocycles. The number of carbonyl (C=O) groups is 1. The van der Waals surface area contributed by atoms with E-state index < -0.39 is 0 Å². The van der Waals surface area contributed by atoms with E-state index in [2.05, 4.69) is 25.5 Å². The van der Waals surface area contributed by atoms with Crippen LogP contribution in [0.4, 0.5) is 5.82 Å². The first-order chi connectivity index (χ1) is 7.25. The monoisotopic (exact) mass is 203 g/mol. The summed E-state index contributed by atoms with van der Waals surface area (Å²) in [7, 11) is 0. The van der Waals surface area contributed by atoms with E-state index in [9.17, 15) is 4.79 Å². The van der Waals surface area contributed by atoms with Crippen molar-refractivity contribution in [3.63, 3.8) is 0 Å². The van der Waals surface area contributed by atoms with Gasteiger partial charge in [0.2, 0.25) is 0 Å². The van der Waals surface area contributed by atoms with E-state index in [1.165, 1.54) is 12.4 Å². The highest BCUT2D eigenvalue weighted by atomic mass is 16.2. The van der Waals surface area contributed by atoms with Gasteiger partial charge in [0.05, 0.1) is 11.9 Å². The van der Waals surface area contributed by atoms with Crippen LogP contribution < -0.4 is 5.32 Å². The highest BCUT2D eigenvalue weighted by Gasteiger charge is 2.07. The molecule has 0 unspecified atom stereocenters. The predicted octanol–water partition coefficient (Wildman–Crippen LogP) is 0.760. The molecule has 1 amide bonds. The third kappa shape index (κ3) is 2.16. The maximum atomic E-state index is 11.5. The topological polar surface area (TPSA) is 83.6 Å². The third-order valence-electron chi connectivity index (χ3n) is 1.74. The van der Waals surface area contributed by atoms with Gasteiger partial charge >= 0.3 is 0 Å². The van der Waals surface area contributed by atoms with Gasteiger partial charge in [0, 0.05) is 12.4 Å². The zero-order valence-electron chi connectivity index (χ0n) is 8.06. The van der Waals surface area contributed by atoms with Gasteiger partial charge in [-0.3, -0.25) is 14.9 Å². The molecule has 0 bridgehead atoms. The number of H-pyrrole nitrogens is 1. The average Bonchev–Trinajstić information content (AvgIpc) is 2.70. The number of aryl methyl sites for hydroxylation is 1. The van der Waals surface area contributed by atoms with Crippen molar-refractivity contribution in [2.24, 2.45) is 0 Å². The van der Waals surface area contributed by atoms with Crippen LogP contribution in [-0.2, 0) is 0 Å². The maximum Gasteiger partial charge on any atom is 0.274 e. The Morgan fingerprint density at radius 3 is 3.00 bits per heavy atom. The molecule has 0 fully saturated rings. The van der Waals surface area contributed by atoms with Gasteiger partial charge in [-0.1, -0.05) is 0 Å². The molecular weight excluding hydrogens is 194 g/mol. The van der Waals surface area contributed by atoms with Crippen LogP contribution >= 0.6 is 0 Å². The van der Waals surface area contributed by atoms with Crippen molar-refractivity contribution in [1.29, 1.82) is 0 Å². The third-order valence-corrected chi connectivity index (χ3v) is 1.74. The number of nitrogens with one attached hydrogen (secondary N) is 2. The lowest BCUT2D eigenvalue weighted by molar-refractivity contribution is 0.102. The van der Waals surface area contributed by atoms with Gasteiger partial charge in [-0.05, 0) is 13.0 Å². The Labute approximate surface area is 85.8 Å². The largest absolute Gasteiger partial charge is 0.304 e. The minimum Gasteiger partial charge on any atom is -0.304 e. The van der Waals surface area contributed by atoms with Crippen LogP contribution in [0.5, 0.6) is 0 Å². The fourth-order valence-corrected chi connectivity index (χ4v) is 1.09. The fraction of sp³-hybridized carbons (Fsp3) is 0.111. The summed E-state index contributed by atoms with van der Waals surface area (Å²) in [5.41, 5.74) is 1.13. The Bertz CT molecular complexity index is 465. The number of nitrogens with zero attached hydrogens (tertiary/aromatic N) is 3. The SMILES string of the molecule is Cc1cncc(NC(=O)c2ccn[nH]2)n1. The smallest absolute Gasteiger partial charge is 0.274 e. The van der Waals surface area contributed by atoms with Crippen molar-refractivity contribution in [2.45, 2.75) is 6.92 Å². The number of rotatable bonds is 2. The van der Waals surface area contributed by atoms with Gasteiger partial charge in [0.15, 0.2) is 5.82 Å². The molecule has 6 heteroatoms. The first-order valence-corrected chi connectivity index (χ1v) is 4.35. The number of hydrogen-bond donors (Lipinski definition) is 2. The molecule has 0 atom stereocenters. The molecule has 0 aliphatic heterocycles. The van der Waals surface area contributed by atoms with E-state index in [1.54, 1.807) is 19.2 Å². The van der Waals surface area contributed by atoms with E-state index in [-0.39, 0.29) is 5.91 Å². The lowest BCUT2D eigenvalue weighted by Gasteiger charge is -2.01. The van der Waals surface area contributed by atoms with Crippen LogP contribution in [0.15, 0.2) is 24.7 Å². The van der Waals surface area contributed by atoms with E-state index in [4.69, 9.17) is 0 Å². The molecule has 15 heavy (non-hydrogen) atoms. The Hall–Kier alpha value is -2.24. The first-order valence-electron chi connectivity index (χ1n) is 4.35. The quantitative estimate of drug-likeness (QED) is 0.754. The van der Waals surface area contributed by atoms with Crippen molar-refractivity contribution >= 4 is 11.7 Å². The normalized spacial score (nSPS) is 9.93. The van der Waals surface area contributed by atoms with Crippen LogP contribution in [0.25, 0.3) is 0 Å². The van der Waals surface area contributed by atoms with Crippen molar-refractivity contribution in [3.8, 4) is 0 Å². The van der Waals surface area contributed by atoms with E-state index >= 15 is 0 Å². The lowest BCUT2D eigenvalue weighted by atomic mass is 10.4. The molecule has 2 heterocycles. The number of aromatic amines is 1. The molecule has 2 N–H and O–H groups in total. The first kappa shape index (κ1) is 9.32. The van der Waals surface area contributed by atoms with E-state index in [0.717, 1.165) is 5.69 Å². The number of anilines is 1. The van der Waals surface area contributed by atoms with E-state index in [1.807, 2.05) is 0 Å². The summed E-state index contributed by atoms with van der Waals surface area (Å²) in [6, 6.07) is 1.58. The molecule has 2 aromatic heterocycles. The summed E-state index contributed by atoms with van der Waals surface area (Å²) < 4.78 is 0. The summed E-state index contributed by atoms with van der Waals surface area (Å²) >= 11 is 0. The average molecular weight is 203 g/mol. The Kier molecular flexibility index (Phi) is 2.40. The summed E-state index contributed by atoms with van der Waals surface area (Å²) in [6.45, 7) is 1.80. The molecule has 0 saturated heterocycles. The Morgan fingerprint density at radius 1 is 1.47 bits per heavy atom. The minimum atomic E-state index is -0.285. The van der Waals surface area contributed by atoms with Crippen molar-refractivity contribution < 1.29 is 4.79 Å². The number of carbonyl (C=O) groups excluding carboxylic acids is 1. The van der Waals surface area contributed by atoms with Gasteiger partial charge in [-0.15, -0.1) is 0 Å². The molecule has 6 nitrogen and oxygen atoms in total. The minimum absolute atomic E-state index is 0.285. The van der Waals surface area contributed by atoms with Gasteiger partial charge in [-0.2, -0.15) is 5.10 Å². The van der Waals surface area contributed by atoms with Gasteiger partial charge < -0.3 is 5.32 Å². The van der Waals surface area contributed by atoms with Crippen molar-refractivity contribution in [1.82, 2.24) is 20.2 Å². The van der Waals surface area contributed by atoms with Gasteiger partial charge in [0.25, 0.3) is 5.91 Å². The Morgan fingerprint density at radius 2 is 2.33 bits per heavy atom. The van der Waals surface area contributed by atoms with E-state index in [0.29, 0.717) is 11.5 Å². The molecule has 76 valence electrons. The Balaban J connectivity index is 2.13. The molecule has 0 spiro atoms. The van der Waals surface area contributed by atoms with Crippen LogP contribution in [0.2, 0.25) is 0 Å². The zero-order chi connectivity index (χ0) is 10.7. The second-order valence-electron chi connectivity index (χ2n) is 2.97. The van der Waals surface area contributed by atoms with Gasteiger partial charge in [0.1, 0.15) is 5.69 Å². The van der Waals surface area contributed by atoms with Crippen LogP contribution in [0.1, 0.15) is 16.2 Å². The maximum absolute atomic E-state index is 11.5. The standard InChI is InChI=1S/C9H9N5O/c1-6-4-10-5-8(12-6)13-9(15)7-2-3-11-14-7/h2-5H,1H3,(H,11,14)(H,12,13,15). The number of amides is 1. The molecule has 0 aromatic carbocycles. The highest BCUT2D eigenvalue weighted by molar-refractivity contribution is 6.02. The van der Waals surface area contributed by atoms with Crippen molar-refractivity contribution in [2.75, 3.05) is 5.32 Å². The van der Waals surface area contributed by atoms with Crippen LogP contribution in [0.3, 0.4) is 0 Å². The molecule has 0 radical (unpaired) electrons. The summed E-state index contributed by atoms with van der Waals surface area (Å²) in [5.74, 6) is 0.141. The fourth-order valence-electron chi connectivity index (χ4n) is 1.09. The van der Waals surface area contributed by atoms with Crippen LogP contribution in [-0.4, -0.2) is 26.1 Å². The predicted molar refractivity (Wildman–Crippen MR) is 53.3 cm³/mol. The highest BCUT2D eigenvalue weighted by Crippen LogP contribution is 2.03. The molecule has 0 aliphatic carbocycles. The molecule has 2 rings (SSSR count). The lowest BCUT2D eigenvalue weighted by Crippen LogP contribution is -2.13. The second-order valence-corrected chi connectivity index (χ2v) is 2.97. The van der Waals surface area contributed by atoms with Gasteiger partial charge in [-0.25, -0.2) is 4.98 Å². The van der Waals surface area contributed by atoms with Crippen LogP contribution in [0, 0.1) is 6.92 Å². The zero-order valence-corrected chi connectivity index (χ0v) is 8.06. The number of aromatic nitrogens is 4. The molecule has 2 aromatic rings. The second kappa shape index (κ2) is 3.87. The molecule has 0 aliphatic rings. The number of hydrogen-bond acceptors (Lipinski definition) is 4. The summed E-state index contributed by atoms with van der Waals surface area (Å²) in [4.78, 5) is 19.5.